The quantitative estimate of drug-likeness (QED) is 0.419. The zero-order valence-corrected chi connectivity index (χ0v) is 17.9. The second-order valence-corrected chi connectivity index (χ2v) is 10.3. The Bertz CT molecular complexity index is 659. The summed E-state index contributed by atoms with van der Waals surface area (Å²) in [6.45, 7) is 7.44. The molecule has 0 N–H and O–H groups in total. The molecule has 0 saturated heterocycles. The fourth-order valence-electron chi connectivity index (χ4n) is 7.53. The van der Waals surface area contributed by atoms with Gasteiger partial charge in [-0.15, -0.1) is 0 Å². The van der Waals surface area contributed by atoms with Crippen molar-refractivity contribution in [1.82, 2.24) is 0 Å². The van der Waals surface area contributed by atoms with Crippen molar-refractivity contribution in [2.24, 2.45) is 34.5 Å². The standard InChI is InChI=1S/C25H38O2/c1-17(8-13-23(26)27-4)20-11-12-21-19-10-9-18-7-5-6-15-24(18,2)22(19)14-16-25(20,21)3/h11,14,17-19,21H,5-10,12-13,15-16H2,1-4H3/t17-,18?,19+,21+,24+,25-/m1/s1. The van der Waals surface area contributed by atoms with Crippen molar-refractivity contribution in [1.29, 1.82) is 0 Å². The van der Waals surface area contributed by atoms with Crippen molar-refractivity contribution in [2.45, 2.75) is 85.0 Å². The smallest absolute Gasteiger partial charge is 0.305 e. The molecule has 0 aromatic heterocycles. The minimum Gasteiger partial charge on any atom is -0.469 e. The number of carbonyl (C=O) groups is 1. The molecular weight excluding hydrogens is 332 g/mol. The number of hydrogen-bond acceptors (Lipinski definition) is 2. The molecule has 4 rings (SSSR count). The molecule has 150 valence electrons. The third-order valence-corrected chi connectivity index (χ3v) is 9.13. The molecule has 2 nitrogen and oxygen atoms in total. The van der Waals surface area contributed by atoms with E-state index >= 15 is 0 Å². The Hall–Kier alpha value is -1.05. The van der Waals surface area contributed by atoms with Crippen molar-refractivity contribution in [2.75, 3.05) is 7.11 Å². The summed E-state index contributed by atoms with van der Waals surface area (Å²) in [6, 6.07) is 0. The first-order valence-corrected chi connectivity index (χ1v) is 11.4. The lowest BCUT2D eigenvalue weighted by atomic mass is 9.48. The van der Waals surface area contributed by atoms with Gasteiger partial charge in [0.15, 0.2) is 0 Å². The fourth-order valence-corrected chi connectivity index (χ4v) is 7.53. The van der Waals surface area contributed by atoms with Gasteiger partial charge < -0.3 is 4.74 Å². The SMILES string of the molecule is COC(=O)CC[C@@H](C)C1=CC[C@H]2[C@@H]3CCC4CCCC[C@]4(C)C3=CC[C@]12C. The molecule has 0 amide bonds. The molecule has 27 heavy (non-hydrogen) atoms. The first-order chi connectivity index (χ1) is 12.9. The van der Waals surface area contributed by atoms with Crippen LogP contribution in [-0.2, 0) is 9.53 Å². The molecule has 0 bridgehead atoms. The molecule has 2 fully saturated rings. The lowest BCUT2D eigenvalue weighted by molar-refractivity contribution is -0.140. The molecule has 0 aromatic carbocycles. The molecule has 0 aliphatic heterocycles. The Balaban J connectivity index is 1.55. The van der Waals surface area contributed by atoms with Crippen molar-refractivity contribution >= 4 is 5.97 Å². The van der Waals surface area contributed by atoms with Crippen LogP contribution in [0.5, 0.6) is 0 Å². The van der Waals surface area contributed by atoms with Crippen LogP contribution in [0, 0.1) is 34.5 Å². The summed E-state index contributed by atoms with van der Waals surface area (Å²) in [4.78, 5) is 11.6. The summed E-state index contributed by atoms with van der Waals surface area (Å²) in [5, 5.41) is 0. The largest absolute Gasteiger partial charge is 0.469 e. The Morgan fingerprint density at radius 1 is 1.19 bits per heavy atom. The van der Waals surface area contributed by atoms with Crippen LogP contribution in [0.15, 0.2) is 23.3 Å². The van der Waals surface area contributed by atoms with Gasteiger partial charge in [0.2, 0.25) is 0 Å². The molecule has 1 unspecified atom stereocenters. The van der Waals surface area contributed by atoms with Gasteiger partial charge in [-0.3, -0.25) is 4.79 Å². The lowest BCUT2D eigenvalue weighted by Gasteiger charge is -2.56. The van der Waals surface area contributed by atoms with E-state index in [9.17, 15) is 4.79 Å². The van der Waals surface area contributed by atoms with E-state index in [4.69, 9.17) is 4.74 Å². The Morgan fingerprint density at radius 3 is 2.78 bits per heavy atom. The van der Waals surface area contributed by atoms with Gasteiger partial charge in [-0.2, -0.15) is 0 Å². The number of ether oxygens (including phenoxy) is 1. The van der Waals surface area contributed by atoms with Gasteiger partial charge in [-0.25, -0.2) is 0 Å². The molecule has 2 saturated carbocycles. The number of carbonyl (C=O) groups excluding carboxylic acids is 1. The molecule has 0 radical (unpaired) electrons. The molecule has 0 heterocycles. The van der Waals surface area contributed by atoms with E-state index in [1.54, 1.807) is 5.57 Å². The first-order valence-electron chi connectivity index (χ1n) is 11.4. The lowest BCUT2D eigenvalue weighted by Crippen LogP contribution is -2.46. The molecule has 2 heteroatoms. The normalized spacial score (nSPS) is 41.6. The maximum absolute atomic E-state index is 11.6. The van der Waals surface area contributed by atoms with Crippen LogP contribution in [0.4, 0.5) is 0 Å². The van der Waals surface area contributed by atoms with E-state index in [-0.39, 0.29) is 5.97 Å². The van der Waals surface area contributed by atoms with Crippen molar-refractivity contribution in [3.8, 4) is 0 Å². The number of allylic oxidation sites excluding steroid dienone is 4. The second kappa shape index (κ2) is 7.08. The van der Waals surface area contributed by atoms with Crippen LogP contribution in [0.25, 0.3) is 0 Å². The maximum Gasteiger partial charge on any atom is 0.305 e. The Morgan fingerprint density at radius 2 is 2.00 bits per heavy atom. The highest BCUT2D eigenvalue weighted by atomic mass is 16.5. The number of rotatable bonds is 4. The highest BCUT2D eigenvalue weighted by molar-refractivity contribution is 5.69. The van der Waals surface area contributed by atoms with E-state index < -0.39 is 0 Å². The Kier molecular flexibility index (Phi) is 5.06. The average molecular weight is 371 g/mol. The van der Waals surface area contributed by atoms with Gasteiger partial charge in [0.05, 0.1) is 7.11 Å². The van der Waals surface area contributed by atoms with E-state index in [0.717, 1.165) is 24.2 Å². The Labute approximate surface area is 165 Å². The summed E-state index contributed by atoms with van der Waals surface area (Å²) >= 11 is 0. The maximum atomic E-state index is 11.6. The van der Waals surface area contributed by atoms with Gasteiger partial charge in [0.1, 0.15) is 0 Å². The summed E-state index contributed by atoms with van der Waals surface area (Å²) in [5.41, 5.74) is 4.27. The number of esters is 1. The number of hydrogen-bond donors (Lipinski definition) is 0. The molecule has 0 aromatic rings. The van der Waals surface area contributed by atoms with Crippen LogP contribution >= 0.6 is 0 Å². The zero-order valence-electron chi connectivity index (χ0n) is 17.9. The minimum atomic E-state index is -0.0727. The third kappa shape index (κ3) is 3.02. The summed E-state index contributed by atoms with van der Waals surface area (Å²) in [6.07, 6.45) is 17.7. The summed E-state index contributed by atoms with van der Waals surface area (Å²) in [5.74, 6) is 2.93. The van der Waals surface area contributed by atoms with Gasteiger partial charge in [-0.1, -0.05) is 56.9 Å². The molecule has 6 atom stereocenters. The van der Waals surface area contributed by atoms with Crippen molar-refractivity contribution in [3.63, 3.8) is 0 Å². The first kappa shape index (κ1) is 19.3. The topological polar surface area (TPSA) is 26.3 Å². The average Bonchev–Trinajstić information content (AvgIpc) is 3.02. The third-order valence-electron chi connectivity index (χ3n) is 9.13. The van der Waals surface area contributed by atoms with Crippen LogP contribution in [0.1, 0.15) is 85.0 Å². The van der Waals surface area contributed by atoms with E-state index in [1.165, 1.54) is 58.5 Å². The number of methoxy groups -OCH3 is 1. The number of fused-ring (bicyclic) bond motifs is 5. The van der Waals surface area contributed by atoms with Gasteiger partial charge in [-0.05, 0) is 79.4 Å². The zero-order chi connectivity index (χ0) is 19.2. The van der Waals surface area contributed by atoms with Crippen molar-refractivity contribution < 1.29 is 9.53 Å². The molecular formula is C25H38O2. The fraction of sp³-hybridized carbons (Fsp3) is 0.800. The highest BCUT2D eigenvalue weighted by Crippen LogP contribution is 2.65. The predicted molar refractivity (Wildman–Crippen MR) is 110 cm³/mol. The van der Waals surface area contributed by atoms with Gasteiger partial charge in [0, 0.05) is 6.42 Å². The van der Waals surface area contributed by atoms with Crippen LogP contribution in [0.3, 0.4) is 0 Å². The molecule has 4 aliphatic carbocycles. The van der Waals surface area contributed by atoms with E-state index in [1.807, 2.05) is 5.57 Å². The van der Waals surface area contributed by atoms with Crippen LogP contribution in [0.2, 0.25) is 0 Å². The summed E-state index contributed by atoms with van der Waals surface area (Å²) in [7, 11) is 1.49. The minimum absolute atomic E-state index is 0.0727. The summed E-state index contributed by atoms with van der Waals surface area (Å²) < 4.78 is 4.86. The molecule has 4 aliphatic rings. The van der Waals surface area contributed by atoms with Crippen LogP contribution in [-0.4, -0.2) is 13.1 Å². The highest BCUT2D eigenvalue weighted by Gasteiger charge is 2.54. The monoisotopic (exact) mass is 370 g/mol. The van der Waals surface area contributed by atoms with E-state index in [2.05, 4.69) is 32.9 Å². The van der Waals surface area contributed by atoms with E-state index in [0.29, 0.717) is 23.2 Å². The van der Waals surface area contributed by atoms with Gasteiger partial charge >= 0.3 is 5.97 Å². The second-order valence-electron chi connectivity index (χ2n) is 10.3. The molecule has 0 spiro atoms. The van der Waals surface area contributed by atoms with Gasteiger partial charge in [0.25, 0.3) is 0 Å². The van der Waals surface area contributed by atoms with Crippen LogP contribution < -0.4 is 0 Å². The van der Waals surface area contributed by atoms with Crippen molar-refractivity contribution in [3.05, 3.63) is 23.3 Å². The predicted octanol–water partition coefficient (Wildman–Crippen LogP) is 6.46.